The lowest BCUT2D eigenvalue weighted by atomic mass is 10.1. The first-order valence-corrected chi connectivity index (χ1v) is 8.24. The first-order valence-electron chi connectivity index (χ1n) is 5.62. The highest BCUT2D eigenvalue weighted by atomic mass is 79.9. The zero-order valence-corrected chi connectivity index (χ0v) is 14.0. The third-order valence-corrected chi connectivity index (χ3v) is 6.25. The van der Waals surface area contributed by atoms with Crippen LogP contribution in [0.15, 0.2) is 27.6 Å². The van der Waals surface area contributed by atoms with Crippen LogP contribution in [-0.4, -0.2) is 31.9 Å². The molecule has 108 valence electrons. The Balaban J connectivity index is 0.00000180. The maximum absolute atomic E-state index is 12.5. The molecule has 8 heteroatoms. The molecule has 2 N–H and O–H groups in total. The fourth-order valence-electron chi connectivity index (χ4n) is 2.05. The van der Waals surface area contributed by atoms with Crippen LogP contribution in [0.2, 0.25) is 5.02 Å². The van der Waals surface area contributed by atoms with Gasteiger partial charge in [0, 0.05) is 23.6 Å². The highest BCUT2D eigenvalue weighted by molar-refractivity contribution is 9.10. The van der Waals surface area contributed by atoms with Gasteiger partial charge in [-0.2, -0.15) is 4.31 Å². The minimum atomic E-state index is -3.58. The van der Waals surface area contributed by atoms with E-state index in [1.54, 1.807) is 18.2 Å². The molecule has 0 aliphatic carbocycles. The summed E-state index contributed by atoms with van der Waals surface area (Å²) in [5.41, 5.74) is 5.83. The van der Waals surface area contributed by atoms with Gasteiger partial charge in [0.15, 0.2) is 0 Å². The molecule has 1 atom stereocenters. The largest absolute Gasteiger partial charge is 0.327 e. The van der Waals surface area contributed by atoms with Crippen LogP contribution < -0.4 is 5.73 Å². The van der Waals surface area contributed by atoms with Crippen molar-refractivity contribution >= 4 is 50.0 Å². The van der Waals surface area contributed by atoms with E-state index in [2.05, 4.69) is 15.9 Å². The minimum Gasteiger partial charge on any atom is -0.327 e. The Morgan fingerprint density at radius 1 is 1.42 bits per heavy atom. The molecule has 1 aromatic carbocycles. The van der Waals surface area contributed by atoms with Crippen molar-refractivity contribution in [2.24, 2.45) is 5.73 Å². The number of benzene rings is 1. The van der Waals surface area contributed by atoms with Crippen molar-refractivity contribution < 1.29 is 8.42 Å². The van der Waals surface area contributed by atoms with E-state index in [-0.39, 0.29) is 28.4 Å². The monoisotopic (exact) mass is 388 g/mol. The number of rotatable bonds is 2. The molecule has 1 heterocycles. The normalized spacial score (nSPS) is 20.9. The molecule has 0 aromatic heterocycles. The van der Waals surface area contributed by atoms with Gasteiger partial charge in [-0.3, -0.25) is 0 Å². The van der Waals surface area contributed by atoms with Crippen molar-refractivity contribution in [1.82, 2.24) is 4.31 Å². The summed E-state index contributed by atoms with van der Waals surface area (Å²) in [4.78, 5) is 0.126. The summed E-state index contributed by atoms with van der Waals surface area (Å²) in [6, 6.07) is 4.84. The summed E-state index contributed by atoms with van der Waals surface area (Å²) < 4.78 is 27.0. The predicted octanol–water partition coefficient (Wildman–Crippen LogP) is 2.64. The first-order chi connectivity index (χ1) is 8.43. The lowest BCUT2D eigenvalue weighted by Crippen LogP contribution is -2.45. The number of hydrogen-bond donors (Lipinski definition) is 1. The molecule has 0 spiro atoms. The summed E-state index contributed by atoms with van der Waals surface area (Å²) in [5, 5.41) is 0.225. The zero-order chi connectivity index (χ0) is 13.3. The third-order valence-electron chi connectivity index (χ3n) is 2.94. The van der Waals surface area contributed by atoms with Gasteiger partial charge in [0.2, 0.25) is 10.0 Å². The van der Waals surface area contributed by atoms with E-state index >= 15 is 0 Å². The average Bonchev–Trinajstić information content (AvgIpc) is 2.28. The van der Waals surface area contributed by atoms with Crippen LogP contribution in [-0.2, 0) is 10.0 Å². The third kappa shape index (κ3) is 3.62. The van der Waals surface area contributed by atoms with Crippen LogP contribution in [0.25, 0.3) is 0 Å². The van der Waals surface area contributed by atoms with E-state index < -0.39 is 10.0 Å². The number of halogens is 3. The van der Waals surface area contributed by atoms with Gasteiger partial charge < -0.3 is 5.73 Å². The van der Waals surface area contributed by atoms with Gasteiger partial charge >= 0.3 is 0 Å². The van der Waals surface area contributed by atoms with Crippen molar-refractivity contribution in [3.63, 3.8) is 0 Å². The van der Waals surface area contributed by atoms with Gasteiger partial charge in [-0.05, 0) is 40.9 Å². The summed E-state index contributed by atoms with van der Waals surface area (Å²) in [6.07, 6.45) is 1.64. The average molecular weight is 390 g/mol. The summed E-state index contributed by atoms with van der Waals surface area (Å²) in [6.45, 7) is 0.841. The highest BCUT2D eigenvalue weighted by Gasteiger charge is 2.31. The van der Waals surface area contributed by atoms with Gasteiger partial charge in [-0.15, -0.1) is 12.4 Å². The molecule has 4 nitrogen and oxygen atoms in total. The molecule has 1 unspecified atom stereocenters. The van der Waals surface area contributed by atoms with Crippen molar-refractivity contribution in [2.75, 3.05) is 13.1 Å². The Kier molecular flexibility index (Phi) is 6.10. The molecule has 19 heavy (non-hydrogen) atoms. The predicted molar refractivity (Wildman–Crippen MR) is 82.4 cm³/mol. The quantitative estimate of drug-likeness (QED) is 0.845. The second kappa shape index (κ2) is 6.74. The number of nitrogens with zero attached hydrogens (tertiary/aromatic N) is 1. The SMILES string of the molecule is Cl.NC1CCCN(S(=O)(=O)c2c(Cl)cccc2Br)C1. The Morgan fingerprint density at radius 3 is 2.68 bits per heavy atom. The second-order valence-corrected chi connectivity index (χ2v) is 7.45. The van der Waals surface area contributed by atoms with Gasteiger partial charge in [0.25, 0.3) is 0 Å². The summed E-state index contributed by atoms with van der Waals surface area (Å²) in [5.74, 6) is 0. The zero-order valence-electron chi connectivity index (χ0n) is 10.1. The fourth-order valence-corrected chi connectivity index (χ4v) is 5.26. The lowest BCUT2D eigenvalue weighted by Gasteiger charge is -2.30. The van der Waals surface area contributed by atoms with Crippen molar-refractivity contribution in [3.05, 3.63) is 27.7 Å². The van der Waals surface area contributed by atoms with Gasteiger partial charge in [-0.25, -0.2) is 8.42 Å². The maximum Gasteiger partial charge on any atom is 0.245 e. The molecule has 1 aromatic rings. The number of nitrogens with two attached hydrogens (primary N) is 1. The van der Waals surface area contributed by atoms with Crippen molar-refractivity contribution in [3.8, 4) is 0 Å². The van der Waals surface area contributed by atoms with E-state index in [0.717, 1.165) is 12.8 Å². The minimum absolute atomic E-state index is 0. The molecule has 1 fully saturated rings. The number of sulfonamides is 1. The van der Waals surface area contributed by atoms with Crippen molar-refractivity contribution in [2.45, 2.75) is 23.8 Å². The molecule has 2 rings (SSSR count). The van der Waals surface area contributed by atoms with E-state index in [0.29, 0.717) is 17.6 Å². The molecule has 0 saturated carbocycles. The molecule has 1 saturated heterocycles. The van der Waals surface area contributed by atoms with Crippen LogP contribution in [0.4, 0.5) is 0 Å². The second-order valence-electron chi connectivity index (χ2n) is 4.32. The van der Waals surface area contributed by atoms with E-state index in [4.69, 9.17) is 17.3 Å². The molecule has 1 aliphatic rings. The van der Waals surface area contributed by atoms with Crippen molar-refractivity contribution in [1.29, 1.82) is 0 Å². The smallest absolute Gasteiger partial charge is 0.245 e. The van der Waals surface area contributed by atoms with Crippen LogP contribution in [0.3, 0.4) is 0 Å². The van der Waals surface area contributed by atoms with Crippen LogP contribution >= 0.6 is 39.9 Å². The molecule has 1 aliphatic heterocycles. The Hall–Kier alpha value is 0.150. The Morgan fingerprint density at radius 2 is 2.11 bits per heavy atom. The Labute approximate surface area is 132 Å². The fraction of sp³-hybridized carbons (Fsp3) is 0.455. The van der Waals surface area contributed by atoms with Gasteiger partial charge in [0.05, 0.1) is 5.02 Å². The molecular weight excluding hydrogens is 375 g/mol. The van der Waals surface area contributed by atoms with Crippen LogP contribution in [0.1, 0.15) is 12.8 Å². The molecule has 0 radical (unpaired) electrons. The van der Waals surface area contributed by atoms with E-state index in [1.807, 2.05) is 0 Å². The molecule has 0 amide bonds. The lowest BCUT2D eigenvalue weighted by molar-refractivity contribution is 0.316. The van der Waals surface area contributed by atoms with E-state index in [9.17, 15) is 8.42 Å². The van der Waals surface area contributed by atoms with Crippen LogP contribution in [0.5, 0.6) is 0 Å². The summed E-state index contributed by atoms with van der Waals surface area (Å²) >= 11 is 9.25. The standard InChI is InChI=1S/C11H14BrClN2O2S.ClH/c12-9-4-1-5-10(13)11(9)18(16,17)15-6-2-3-8(14)7-15;/h1,4-5,8H,2-3,6-7,14H2;1H. The highest BCUT2D eigenvalue weighted by Crippen LogP contribution is 2.32. The number of hydrogen-bond acceptors (Lipinski definition) is 3. The van der Waals surface area contributed by atoms with Crippen LogP contribution in [0, 0.1) is 0 Å². The topological polar surface area (TPSA) is 63.4 Å². The van der Waals surface area contributed by atoms with E-state index in [1.165, 1.54) is 4.31 Å². The van der Waals surface area contributed by atoms with Gasteiger partial charge in [-0.1, -0.05) is 17.7 Å². The number of piperidine rings is 1. The van der Waals surface area contributed by atoms with Gasteiger partial charge in [0.1, 0.15) is 4.90 Å². The maximum atomic E-state index is 12.5. The first kappa shape index (κ1) is 17.2. The molecular formula is C11H15BrCl2N2O2S. The summed E-state index contributed by atoms with van der Waals surface area (Å²) in [7, 11) is -3.58. The Bertz CT molecular complexity index is 533. The molecule has 0 bridgehead atoms.